The quantitative estimate of drug-likeness (QED) is 0.738. The molecule has 0 aliphatic heterocycles. The Morgan fingerprint density at radius 1 is 1.23 bits per heavy atom. The fourth-order valence-corrected chi connectivity index (χ4v) is 2.96. The van der Waals surface area contributed by atoms with Gasteiger partial charge < -0.3 is 9.26 Å². The molecule has 0 spiro atoms. The largest absolute Gasteiger partial charge is 0.489 e. The third-order valence-corrected chi connectivity index (χ3v) is 4.54. The minimum Gasteiger partial charge on any atom is -0.489 e. The van der Waals surface area contributed by atoms with Crippen LogP contribution >= 0.6 is 0 Å². The Balaban J connectivity index is 1.91. The highest BCUT2D eigenvalue weighted by atomic mass is 32.2. The van der Waals surface area contributed by atoms with Crippen LogP contribution in [0.25, 0.3) is 11.0 Å². The van der Waals surface area contributed by atoms with Gasteiger partial charge in [0.05, 0.1) is 23.3 Å². The van der Waals surface area contributed by atoms with Crippen LogP contribution in [0.2, 0.25) is 0 Å². The average molecular weight is 371 g/mol. The molecule has 1 heterocycles. The number of nitriles is 1. The number of benzene rings is 2. The van der Waals surface area contributed by atoms with Crippen LogP contribution in [-0.2, 0) is 16.6 Å². The van der Waals surface area contributed by atoms with Crippen molar-refractivity contribution in [2.75, 3.05) is 11.0 Å². The first-order valence-corrected chi connectivity index (χ1v) is 9.66. The summed E-state index contributed by atoms with van der Waals surface area (Å²) in [6.07, 6.45) is 1.02. The summed E-state index contributed by atoms with van der Waals surface area (Å²) in [6, 6.07) is 11.0. The molecule has 0 saturated heterocycles. The zero-order valence-electron chi connectivity index (χ0n) is 14.5. The van der Waals surface area contributed by atoms with Crippen LogP contribution in [0.1, 0.15) is 22.3 Å². The Bertz CT molecular complexity index is 1130. The average Bonchev–Trinajstić information content (AvgIpc) is 2.95. The van der Waals surface area contributed by atoms with Gasteiger partial charge in [0.2, 0.25) is 10.0 Å². The number of hydrogen-bond acceptors (Lipinski definition) is 6. The van der Waals surface area contributed by atoms with E-state index in [4.69, 9.17) is 9.26 Å². The molecule has 2 aromatic carbocycles. The Kier molecular flexibility index (Phi) is 4.57. The Labute approximate surface area is 151 Å². The number of nitrogens with zero attached hydrogens (tertiary/aromatic N) is 2. The molecule has 0 fully saturated rings. The van der Waals surface area contributed by atoms with Crippen LogP contribution in [-0.4, -0.2) is 19.8 Å². The third-order valence-electron chi connectivity index (χ3n) is 3.97. The molecule has 0 unspecified atom stereocenters. The first kappa shape index (κ1) is 17.8. The van der Waals surface area contributed by atoms with E-state index >= 15 is 0 Å². The van der Waals surface area contributed by atoms with Crippen molar-refractivity contribution in [3.63, 3.8) is 0 Å². The molecule has 0 atom stereocenters. The van der Waals surface area contributed by atoms with Crippen LogP contribution in [0, 0.1) is 25.2 Å². The smallest absolute Gasteiger partial charge is 0.231 e. The van der Waals surface area contributed by atoms with Gasteiger partial charge in [-0.3, -0.25) is 4.72 Å². The molecule has 0 aliphatic carbocycles. The van der Waals surface area contributed by atoms with Gasteiger partial charge in [-0.15, -0.1) is 0 Å². The Morgan fingerprint density at radius 2 is 2.00 bits per heavy atom. The monoisotopic (exact) mass is 371 g/mol. The maximum atomic E-state index is 11.4. The SMILES string of the molecule is Cc1ccc(OCc2cc3onc(NS(C)(=O)=O)c3cc2C#N)cc1C. The summed E-state index contributed by atoms with van der Waals surface area (Å²) in [5.41, 5.74) is 3.64. The van der Waals surface area contributed by atoms with E-state index in [2.05, 4.69) is 15.9 Å². The first-order chi connectivity index (χ1) is 12.3. The zero-order chi connectivity index (χ0) is 18.9. The predicted molar refractivity (Wildman–Crippen MR) is 97.4 cm³/mol. The second-order valence-corrected chi connectivity index (χ2v) is 7.81. The van der Waals surface area contributed by atoms with Crippen LogP contribution in [0.5, 0.6) is 5.75 Å². The standard InChI is InChI=1S/C18H17N3O4S/c1-11-4-5-15(6-12(11)2)24-10-14-8-17-16(7-13(14)9-19)18(20-25-17)21-26(3,22)23/h4-8H,10H2,1-3H3,(H,20,21). The molecular weight excluding hydrogens is 354 g/mol. The third kappa shape index (κ3) is 3.78. The van der Waals surface area contributed by atoms with Crippen molar-refractivity contribution in [2.45, 2.75) is 20.5 Å². The Morgan fingerprint density at radius 3 is 2.65 bits per heavy atom. The second-order valence-electron chi connectivity index (χ2n) is 6.06. The summed E-state index contributed by atoms with van der Waals surface area (Å²) in [7, 11) is -3.50. The van der Waals surface area contributed by atoms with Crippen molar-refractivity contribution < 1.29 is 17.7 Å². The van der Waals surface area contributed by atoms with E-state index in [1.54, 1.807) is 12.1 Å². The van der Waals surface area contributed by atoms with Crippen LogP contribution in [0.4, 0.5) is 5.82 Å². The van der Waals surface area contributed by atoms with Gasteiger partial charge in [-0.05, 0) is 49.2 Å². The summed E-state index contributed by atoms with van der Waals surface area (Å²) < 4.78 is 36.0. The molecule has 3 aromatic rings. The molecule has 0 saturated carbocycles. The number of rotatable bonds is 5. The summed E-state index contributed by atoms with van der Waals surface area (Å²) in [6.45, 7) is 4.20. The van der Waals surface area contributed by atoms with E-state index in [-0.39, 0.29) is 12.4 Å². The van der Waals surface area contributed by atoms with Crippen molar-refractivity contribution in [1.82, 2.24) is 5.16 Å². The number of fused-ring (bicyclic) bond motifs is 1. The van der Waals surface area contributed by atoms with E-state index in [0.29, 0.717) is 27.8 Å². The van der Waals surface area contributed by atoms with Crippen molar-refractivity contribution in [2.24, 2.45) is 0 Å². The van der Waals surface area contributed by atoms with E-state index in [1.165, 1.54) is 5.56 Å². The molecular formula is C18H17N3O4S. The fourth-order valence-electron chi connectivity index (χ4n) is 2.46. The van der Waals surface area contributed by atoms with E-state index < -0.39 is 10.0 Å². The lowest BCUT2D eigenvalue weighted by molar-refractivity contribution is 0.305. The van der Waals surface area contributed by atoms with Crippen molar-refractivity contribution >= 4 is 26.8 Å². The predicted octanol–water partition coefficient (Wildman–Crippen LogP) is 3.27. The van der Waals surface area contributed by atoms with Gasteiger partial charge in [-0.1, -0.05) is 11.2 Å². The number of aromatic nitrogens is 1. The first-order valence-electron chi connectivity index (χ1n) is 7.77. The molecule has 134 valence electrons. The van der Waals surface area contributed by atoms with Crippen LogP contribution in [0.3, 0.4) is 0 Å². The summed E-state index contributed by atoms with van der Waals surface area (Å²) in [4.78, 5) is 0. The van der Waals surface area contributed by atoms with Crippen molar-refractivity contribution in [1.29, 1.82) is 5.26 Å². The molecule has 8 heteroatoms. The van der Waals surface area contributed by atoms with Crippen LogP contribution in [0.15, 0.2) is 34.9 Å². The molecule has 3 rings (SSSR count). The van der Waals surface area contributed by atoms with Gasteiger partial charge in [0, 0.05) is 5.56 Å². The molecule has 1 aromatic heterocycles. The van der Waals surface area contributed by atoms with Gasteiger partial charge in [0.1, 0.15) is 12.4 Å². The normalized spacial score (nSPS) is 11.3. The second kappa shape index (κ2) is 6.69. The molecule has 0 aliphatic rings. The molecule has 1 N–H and O–H groups in total. The van der Waals surface area contributed by atoms with E-state index in [0.717, 1.165) is 11.8 Å². The highest BCUT2D eigenvalue weighted by Crippen LogP contribution is 2.28. The Hall–Kier alpha value is -3.05. The lowest BCUT2D eigenvalue weighted by Gasteiger charge is -2.09. The van der Waals surface area contributed by atoms with Gasteiger partial charge in [-0.25, -0.2) is 8.42 Å². The van der Waals surface area contributed by atoms with Crippen LogP contribution < -0.4 is 9.46 Å². The highest BCUT2D eigenvalue weighted by molar-refractivity contribution is 7.92. The van der Waals surface area contributed by atoms with Gasteiger partial charge >= 0.3 is 0 Å². The summed E-state index contributed by atoms with van der Waals surface area (Å²) in [5.74, 6) is 0.759. The van der Waals surface area contributed by atoms with Crippen molar-refractivity contribution in [3.05, 3.63) is 52.6 Å². The summed E-state index contributed by atoms with van der Waals surface area (Å²) in [5, 5.41) is 13.6. The maximum absolute atomic E-state index is 11.4. The number of anilines is 1. The van der Waals surface area contributed by atoms with Gasteiger partial charge in [-0.2, -0.15) is 5.26 Å². The zero-order valence-corrected chi connectivity index (χ0v) is 15.3. The van der Waals surface area contributed by atoms with Gasteiger partial charge in [0.15, 0.2) is 11.4 Å². The fraction of sp³-hybridized carbons (Fsp3) is 0.222. The molecule has 0 radical (unpaired) electrons. The van der Waals surface area contributed by atoms with E-state index in [9.17, 15) is 13.7 Å². The minimum atomic E-state index is -3.50. The maximum Gasteiger partial charge on any atom is 0.231 e. The molecule has 7 nitrogen and oxygen atoms in total. The highest BCUT2D eigenvalue weighted by Gasteiger charge is 2.16. The minimum absolute atomic E-state index is 0.0561. The molecule has 0 amide bonds. The number of nitrogens with one attached hydrogen (secondary N) is 1. The number of aryl methyl sites for hydroxylation is 2. The lowest BCUT2D eigenvalue weighted by Crippen LogP contribution is -2.09. The number of hydrogen-bond donors (Lipinski definition) is 1. The molecule has 0 bridgehead atoms. The van der Waals surface area contributed by atoms with Crippen molar-refractivity contribution in [3.8, 4) is 11.8 Å². The number of sulfonamides is 1. The molecule has 26 heavy (non-hydrogen) atoms. The topological polar surface area (TPSA) is 105 Å². The van der Waals surface area contributed by atoms with Gasteiger partial charge in [0.25, 0.3) is 0 Å². The van der Waals surface area contributed by atoms with E-state index in [1.807, 2.05) is 32.0 Å². The number of ether oxygens (including phenoxy) is 1. The summed E-state index contributed by atoms with van der Waals surface area (Å²) >= 11 is 0. The lowest BCUT2D eigenvalue weighted by atomic mass is 10.1.